The monoisotopic (exact) mass is 270 g/mol. The number of nitrogens with two attached hydrogens (primary N) is 1. The molecule has 2 N–H and O–H groups in total. The Morgan fingerprint density at radius 1 is 1.25 bits per heavy atom. The highest BCUT2D eigenvalue weighted by Crippen LogP contribution is 2.60. The second-order valence-corrected chi connectivity index (χ2v) is 6.64. The molecule has 3 nitrogen and oxygen atoms in total. The molecule has 3 heteroatoms. The molecule has 0 aromatic heterocycles. The number of nitrogens with zero attached hydrogens (tertiary/aromatic N) is 1. The fraction of sp³-hybridized carbons (Fsp3) is 0.588. The van der Waals surface area contributed by atoms with Gasteiger partial charge < -0.3 is 10.6 Å². The van der Waals surface area contributed by atoms with Crippen molar-refractivity contribution in [1.82, 2.24) is 4.90 Å². The SMILES string of the molecule is NC1CCCN(C(=O)C2C3CCc4ccccc4C32)C1. The van der Waals surface area contributed by atoms with Crippen LogP contribution >= 0.6 is 0 Å². The van der Waals surface area contributed by atoms with Crippen molar-refractivity contribution in [3.05, 3.63) is 35.4 Å². The minimum Gasteiger partial charge on any atom is -0.341 e. The number of rotatable bonds is 1. The van der Waals surface area contributed by atoms with E-state index in [1.54, 1.807) is 0 Å². The van der Waals surface area contributed by atoms with Crippen molar-refractivity contribution in [1.29, 1.82) is 0 Å². The van der Waals surface area contributed by atoms with Crippen LogP contribution in [0.5, 0.6) is 0 Å². The summed E-state index contributed by atoms with van der Waals surface area (Å²) >= 11 is 0. The first-order valence-corrected chi connectivity index (χ1v) is 7.88. The zero-order chi connectivity index (χ0) is 13.7. The number of likely N-dealkylation sites (tertiary alicyclic amines) is 1. The molecule has 1 aromatic carbocycles. The van der Waals surface area contributed by atoms with E-state index in [9.17, 15) is 4.79 Å². The van der Waals surface area contributed by atoms with Gasteiger partial charge in [-0.05, 0) is 48.6 Å². The predicted octanol–water partition coefficient (Wildman–Crippen LogP) is 1.91. The summed E-state index contributed by atoms with van der Waals surface area (Å²) in [6.45, 7) is 1.67. The van der Waals surface area contributed by atoms with Crippen LogP contribution in [0, 0.1) is 11.8 Å². The Hall–Kier alpha value is -1.35. The zero-order valence-corrected chi connectivity index (χ0v) is 11.8. The molecule has 0 radical (unpaired) electrons. The molecule has 1 aliphatic heterocycles. The quantitative estimate of drug-likeness (QED) is 0.847. The molecule has 0 spiro atoms. The third-order valence-electron chi connectivity index (χ3n) is 5.38. The predicted molar refractivity (Wildman–Crippen MR) is 78.3 cm³/mol. The van der Waals surface area contributed by atoms with Gasteiger partial charge in [0, 0.05) is 25.0 Å². The first-order chi connectivity index (χ1) is 9.75. The maximum atomic E-state index is 12.8. The molecule has 20 heavy (non-hydrogen) atoms. The number of amides is 1. The van der Waals surface area contributed by atoms with Crippen LogP contribution in [0.3, 0.4) is 0 Å². The van der Waals surface area contributed by atoms with Gasteiger partial charge in [-0.3, -0.25) is 4.79 Å². The van der Waals surface area contributed by atoms with Crippen LogP contribution in [-0.4, -0.2) is 29.9 Å². The highest BCUT2D eigenvalue weighted by atomic mass is 16.2. The minimum absolute atomic E-state index is 0.181. The van der Waals surface area contributed by atoms with Crippen LogP contribution in [0.25, 0.3) is 0 Å². The number of carbonyl (C=O) groups excluding carboxylic acids is 1. The van der Waals surface area contributed by atoms with E-state index in [2.05, 4.69) is 24.3 Å². The van der Waals surface area contributed by atoms with Crippen LogP contribution in [-0.2, 0) is 11.2 Å². The van der Waals surface area contributed by atoms with Crippen molar-refractivity contribution in [3.63, 3.8) is 0 Å². The van der Waals surface area contributed by atoms with Crippen LogP contribution in [0.4, 0.5) is 0 Å². The molecule has 3 aliphatic rings. The van der Waals surface area contributed by atoms with Crippen molar-refractivity contribution >= 4 is 5.91 Å². The zero-order valence-electron chi connectivity index (χ0n) is 11.8. The maximum Gasteiger partial charge on any atom is 0.226 e. The first kappa shape index (κ1) is 12.4. The van der Waals surface area contributed by atoms with Crippen LogP contribution in [0.2, 0.25) is 0 Å². The van der Waals surface area contributed by atoms with E-state index in [0.29, 0.717) is 17.7 Å². The highest BCUT2D eigenvalue weighted by molar-refractivity contribution is 5.84. The molecule has 2 fully saturated rings. The van der Waals surface area contributed by atoms with Gasteiger partial charge in [-0.25, -0.2) is 0 Å². The summed E-state index contributed by atoms with van der Waals surface area (Å²) in [6.07, 6.45) is 4.44. The van der Waals surface area contributed by atoms with Gasteiger partial charge in [-0.2, -0.15) is 0 Å². The van der Waals surface area contributed by atoms with Crippen molar-refractivity contribution in [2.24, 2.45) is 17.6 Å². The van der Waals surface area contributed by atoms with Crippen molar-refractivity contribution < 1.29 is 4.79 Å². The van der Waals surface area contributed by atoms with Gasteiger partial charge in [0.25, 0.3) is 0 Å². The fourth-order valence-electron chi connectivity index (χ4n) is 4.32. The average Bonchev–Trinajstić information content (AvgIpc) is 3.21. The molecule has 106 valence electrons. The van der Waals surface area contributed by atoms with Gasteiger partial charge in [0.05, 0.1) is 0 Å². The summed E-state index contributed by atoms with van der Waals surface area (Å²) in [4.78, 5) is 14.8. The normalized spacial score (nSPS) is 35.1. The second-order valence-electron chi connectivity index (χ2n) is 6.64. The molecule has 1 saturated heterocycles. The van der Waals surface area contributed by atoms with Gasteiger partial charge in [0.1, 0.15) is 0 Å². The van der Waals surface area contributed by atoms with E-state index < -0.39 is 0 Å². The average molecular weight is 270 g/mol. The van der Waals surface area contributed by atoms with E-state index in [1.807, 2.05) is 4.90 Å². The topological polar surface area (TPSA) is 46.3 Å². The van der Waals surface area contributed by atoms with Gasteiger partial charge in [0.15, 0.2) is 0 Å². The summed E-state index contributed by atoms with van der Waals surface area (Å²) in [5.74, 6) is 1.69. The van der Waals surface area contributed by atoms with Crippen LogP contribution in [0.15, 0.2) is 24.3 Å². The number of piperidine rings is 1. The molecule has 4 unspecified atom stereocenters. The smallest absolute Gasteiger partial charge is 0.226 e. The summed E-state index contributed by atoms with van der Waals surface area (Å²) in [5, 5.41) is 0. The number of hydrogen-bond acceptors (Lipinski definition) is 2. The Bertz CT molecular complexity index is 542. The lowest BCUT2D eigenvalue weighted by Gasteiger charge is -2.31. The Morgan fingerprint density at radius 3 is 2.95 bits per heavy atom. The van der Waals surface area contributed by atoms with E-state index in [0.717, 1.165) is 32.4 Å². The molecule has 0 bridgehead atoms. The Balaban J connectivity index is 1.53. The largest absolute Gasteiger partial charge is 0.341 e. The van der Waals surface area contributed by atoms with Gasteiger partial charge in [0.2, 0.25) is 5.91 Å². The summed E-state index contributed by atoms with van der Waals surface area (Å²) in [5.41, 5.74) is 8.90. The molecule has 1 heterocycles. The summed E-state index contributed by atoms with van der Waals surface area (Å²) in [6, 6.07) is 8.85. The number of carbonyl (C=O) groups is 1. The molecule has 1 amide bonds. The lowest BCUT2D eigenvalue weighted by Crippen LogP contribution is -2.46. The van der Waals surface area contributed by atoms with E-state index in [-0.39, 0.29) is 12.0 Å². The van der Waals surface area contributed by atoms with Gasteiger partial charge in [-0.1, -0.05) is 24.3 Å². The van der Waals surface area contributed by atoms with Gasteiger partial charge in [-0.15, -0.1) is 0 Å². The lowest BCUT2D eigenvalue weighted by atomic mass is 9.92. The molecule has 1 aromatic rings. The minimum atomic E-state index is 0.181. The van der Waals surface area contributed by atoms with E-state index in [4.69, 9.17) is 5.73 Å². The Labute approximate surface area is 120 Å². The van der Waals surface area contributed by atoms with Crippen molar-refractivity contribution in [3.8, 4) is 0 Å². The van der Waals surface area contributed by atoms with E-state index in [1.165, 1.54) is 17.5 Å². The molecule has 4 atom stereocenters. The first-order valence-electron chi connectivity index (χ1n) is 7.88. The Kier molecular flexibility index (Phi) is 2.84. The summed E-state index contributed by atoms with van der Waals surface area (Å²) in [7, 11) is 0. The molecule has 1 saturated carbocycles. The number of benzene rings is 1. The second kappa shape index (κ2) is 4.59. The van der Waals surface area contributed by atoms with Crippen molar-refractivity contribution in [2.45, 2.75) is 37.6 Å². The number of aryl methyl sites for hydroxylation is 1. The van der Waals surface area contributed by atoms with Gasteiger partial charge >= 0.3 is 0 Å². The van der Waals surface area contributed by atoms with Crippen LogP contribution < -0.4 is 5.73 Å². The molecule has 2 aliphatic carbocycles. The fourth-order valence-corrected chi connectivity index (χ4v) is 4.32. The molecule has 4 rings (SSSR count). The standard InChI is InChI=1S/C17H22N2O/c18-12-5-3-9-19(10-12)17(20)16-14-8-7-11-4-1-2-6-13(11)15(14)16/h1-2,4,6,12,14-16H,3,5,7-10,18H2. The maximum absolute atomic E-state index is 12.8. The Morgan fingerprint density at radius 2 is 2.10 bits per heavy atom. The number of fused-ring (bicyclic) bond motifs is 3. The highest BCUT2D eigenvalue weighted by Gasteiger charge is 2.58. The van der Waals surface area contributed by atoms with Crippen LogP contribution in [0.1, 0.15) is 36.3 Å². The molecular weight excluding hydrogens is 248 g/mol. The number of hydrogen-bond donors (Lipinski definition) is 1. The third kappa shape index (κ3) is 1.87. The van der Waals surface area contributed by atoms with Crippen molar-refractivity contribution in [2.75, 3.05) is 13.1 Å². The lowest BCUT2D eigenvalue weighted by molar-refractivity contribution is -0.134. The van der Waals surface area contributed by atoms with E-state index >= 15 is 0 Å². The molecular formula is C17H22N2O. The summed E-state index contributed by atoms with van der Waals surface area (Å²) < 4.78 is 0. The third-order valence-corrected chi connectivity index (χ3v) is 5.38.